The Labute approximate surface area is 161 Å². The van der Waals surface area contributed by atoms with Crippen LogP contribution in [0.25, 0.3) is 0 Å². The summed E-state index contributed by atoms with van der Waals surface area (Å²) in [5.74, 6) is 1.03. The van der Waals surface area contributed by atoms with Gasteiger partial charge in [-0.25, -0.2) is 5.01 Å². The van der Waals surface area contributed by atoms with Crippen LogP contribution >= 0.6 is 22.6 Å². The molecular weight excluding hydrogens is 427 g/mol. The average molecular weight is 446 g/mol. The van der Waals surface area contributed by atoms with Gasteiger partial charge in [0.2, 0.25) is 5.91 Å². The monoisotopic (exact) mass is 446 g/mol. The Kier molecular flexibility index (Phi) is 4.27. The van der Waals surface area contributed by atoms with Crippen molar-refractivity contribution in [2.75, 3.05) is 7.11 Å². The van der Waals surface area contributed by atoms with Crippen molar-refractivity contribution in [1.82, 2.24) is 5.01 Å². The number of hydrogen-bond acceptors (Lipinski definition) is 3. The number of amides is 1. The van der Waals surface area contributed by atoms with Crippen molar-refractivity contribution in [3.8, 4) is 5.75 Å². The number of carbonyl (C=O) groups is 1. The highest BCUT2D eigenvalue weighted by Crippen LogP contribution is 2.44. The number of hydrogen-bond donors (Lipinski definition) is 0. The first-order valence-electron chi connectivity index (χ1n) is 8.39. The number of fused-ring (bicyclic) bond motifs is 3. The standard InChI is InChI=1S/C20H19IN2O2/c1-12(24)23-20(14-4-3-5-15(21)10-14)17-9-7-13-6-8-16(25-2)11-18(13)19(17)22-23/h3-6,8,10-11,17,20H,7,9H2,1-2H3/t17-,20+/m0/s1. The van der Waals surface area contributed by atoms with Crippen molar-refractivity contribution >= 4 is 34.2 Å². The summed E-state index contributed by atoms with van der Waals surface area (Å²) < 4.78 is 6.56. The quantitative estimate of drug-likeness (QED) is 0.650. The van der Waals surface area contributed by atoms with Gasteiger partial charge in [0.1, 0.15) is 5.75 Å². The molecule has 0 aromatic heterocycles. The molecule has 2 aliphatic rings. The largest absolute Gasteiger partial charge is 0.497 e. The number of benzene rings is 2. The topological polar surface area (TPSA) is 41.9 Å². The van der Waals surface area contributed by atoms with Crippen LogP contribution in [-0.2, 0) is 11.2 Å². The number of hydrazone groups is 1. The van der Waals surface area contributed by atoms with Crippen LogP contribution in [-0.4, -0.2) is 23.7 Å². The van der Waals surface area contributed by atoms with Crippen LogP contribution < -0.4 is 4.74 Å². The van der Waals surface area contributed by atoms with E-state index in [1.165, 1.54) is 9.13 Å². The van der Waals surface area contributed by atoms with Crippen LogP contribution in [0.4, 0.5) is 0 Å². The zero-order valence-corrected chi connectivity index (χ0v) is 16.4. The molecule has 0 fully saturated rings. The van der Waals surface area contributed by atoms with Gasteiger partial charge in [-0.05, 0) is 70.8 Å². The Morgan fingerprint density at radius 2 is 2.12 bits per heavy atom. The smallest absolute Gasteiger partial charge is 0.240 e. The van der Waals surface area contributed by atoms with Crippen molar-refractivity contribution in [2.45, 2.75) is 25.8 Å². The van der Waals surface area contributed by atoms with Crippen LogP contribution in [0.15, 0.2) is 47.6 Å². The molecule has 128 valence electrons. The lowest BCUT2D eigenvalue weighted by atomic mass is 9.77. The molecule has 4 rings (SSSR count). The van der Waals surface area contributed by atoms with E-state index in [1.807, 2.05) is 12.1 Å². The van der Waals surface area contributed by atoms with Crippen molar-refractivity contribution in [1.29, 1.82) is 0 Å². The van der Waals surface area contributed by atoms with Crippen LogP contribution in [0, 0.1) is 9.49 Å². The highest BCUT2D eigenvalue weighted by Gasteiger charge is 2.43. The first kappa shape index (κ1) is 16.6. The molecular formula is C20H19IN2O2. The minimum Gasteiger partial charge on any atom is -0.497 e. The Balaban J connectivity index is 1.82. The van der Waals surface area contributed by atoms with E-state index < -0.39 is 0 Å². The second-order valence-corrected chi connectivity index (χ2v) is 7.76. The molecule has 5 heteroatoms. The summed E-state index contributed by atoms with van der Waals surface area (Å²) in [6.07, 6.45) is 1.99. The Hall–Kier alpha value is -1.89. The summed E-state index contributed by atoms with van der Waals surface area (Å²) in [6.45, 7) is 1.59. The predicted molar refractivity (Wildman–Crippen MR) is 106 cm³/mol. The van der Waals surface area contributed by atoms with E-state index >= 15 is 0 Å². The molecule has 1 heterocycles. The highest BCUT2D eigenvalue weighted by molar-refractivity contribution is 14.1. The van der Waals surface area contributed by atoms with Gasteiger partial charge in [0.15, 0.2) is 0 Å². The summed E-state index contributed by atoms with van der Waals surface area (Å²) in [5, 5.41) is 6.42. The fraction of sp³-hybridized carbons (Fsp3) is 0.300. The van der Waals surface area contributed by atoms with Crippen molar-refractivity contribution in [3.63, 3.8) is 0 Å². The summed E-state index contributed by atoms with van der Waals surface area (Å²) in [5.41, 5.74) is 4.56. The van der Waals surface area contributed by atoms with E-state index in [2.05, 4.69) is 52.9 Å². The van der Waals surface area contributed by atoms with Gasteiger partial charge in [-0.2, -0.15) is 5.10 Å². The number of halogens is 1. The molecule has 4 nitrogen and oxygen atoms in total. The summed E-state index contributed by atoms with van der Waals surface area (Å²) >= 11 is 2.32. The van der Waals surface area contributed by atoms with Gasteiger partial charge in [-0.3, -0.25) is 4.79 Å². The number of rotatable bonds is 2. The van der Waals surface area contributed by atoms with Crippen LogP contribution in [0.1, 0.15) is 36.1 Å². The SMILES string of the molecule is COc1ccc2c(c1)C1=NN(C(C)=O)[C@H](c3cccc(I)c3)[C@H]1CC2. The highest BCUT2D eigenvalue weighted by atomic mass is 127. The van der Waals surface area contributed by atoms with Gasteiger partial charge >= 0.3 is 0 Å². The third-order valence-corrected chi connectivity index (χ3v) is 5.71. The maximum Gasteiger partial charge on any atom is 0.240 e. The maximum atomic E-state index is 12.3. The lowest BCUT2D eigenvalue weighted by Crippen LogP contribution is -2.31. The minimum atomic E-state index is -0.0263. The van der Waals surface area contributed by atoms with Crippen molar-refractivity contribution < 1.29 is 9.53 Å². The number of aryl methyl sites for hydroxylation is 1. The Morgan fingerprint density at radius 3 is 2.84 bits per heavy atom. The van der Waals surface area contributed by atoms with E-state index in [0.717, 1.165) is 35.4 Å². The van der Waals surface area contributed by atoms with Gasteiger partial charge in [0.05, 0.1) is 18.9 Å². The van der Waals surface area contributed by atoms with Gasteiger partial charge in [-0.1, -0.05) is 18.2 Å². The van der Waals surface area contributed by atoms with Gasteiger partial charge in [0.25, 0.3) is 0 Å². The lowest BCUT2D eigenvalue weighted by molar-refractivity contribution is -0.131. The summed E-state index contributed by atoms with van der Waals surface area (Å²) in [4.78, 5) is 12.3. The van der Waals surface area contributed by atoms with E-state index in [4.69, 9.17) is 9.84 Å². The molecule has 1 amide bonds. The Morgan fingerprint density at radius 1 is 1.28 bits per heavy atom. The molecule has 0 saturated heterocycles. The molecule has 1 aliphatic heterocycles. The molecule has 0 bridgehead atoms. The number of ether oxygens (including phenoxy) is 1. The molecule has 0 radical (unpaired) electrons. The fourth-order valence-electron chi connectivity index (χ4n) is 3.90. The zero-order valence-electron chi connectivity index (χ0n) is 14.2. The molecule has 2 aromatic carbocycles. The van der Waals surface area contributed by atoms with E-state index in [1.54, 1.807) is 19.0 Å². The Bertz CT molecular complexity index is 878. The fourth-order valence-corrected chi connectivity index (χ4v) is 4.47. The van der Waals surface area contributed by atoms with Gasteiger partial charge in [0, 0.05) is 22.0 Å². The summed E-state index contributed by atoms with van der Waals surface area (Å²) in [7, 11) is 1.68. The molecule has 2 atom stereocenters. The molecule has 1 aliphatic carbocycles. The predicted octanol–water partition coefficient (Wildman–Crippen LogP) is 4.17. The van der Waals surface area contributed by atoms with Crippen LogP contribution in [0.2, 0.25) is 0 Å². The number of methoxy groups -OCH3 is 1. The third kappa shape index (κ3) is 2.84. The lowest BCUT2D eigenvalue weighted by Gasteiger charge is -2.29. The second kappa shape index (κ2) is 6.44. The van der Waals surface area contributed by atoms with Crippen molar-refractivity contribution in [3.05, 3.63) is 62.7 Å². The first-order chi connectivity index (χ1) is 12.1. The molecule has 0 N–H and O–H groups in total. The molecule has 0 unspecified atom stereocenters. The normalized spacial score (nSPS) is 21.4. The van der Waals surface area contributed by atoms with E-state index in [-0.39, 0.29) is 17.9 Å². The molecule has 2 aromatic rings. The maximum absolute atomic E-state index is 12.3. The van der Waals surface area contributed by atoms with Crippen LogP contribution in [0.3, 0.4) is 0 Å². The van der Waals surface area contributed by atoms with E-state index in [0.29, 0.717) is 0 Å². The second-order valence-electron chi connectivity index (χ2n) is 6.52. The van der Waals surface area contributed by atoms with Crippen LogP contribution in [0.5, 0.6) is 5.75 Å². The summed E-state index contributed by atoms with van der Waals surface area (Å²) in [6, 6.07) is 14.5. The zero-order chi connectivity index (χ0) is 17.6. The number of carbonyl (C=O) groups excluding carboxylic acids is 1. The first-order valence-corrected chi connectivity index (χ1v) is 9.47. The molecule has 25 heavy (non-hydrogen) atoms. The molecule has 0 saturated carbocycles. The number of nitrogens with zero attached hydrogens (tertiary/aromatic N) is 2. The van der Waals surface area contributed by atoms with Gasteiger partial charge < -0.3 is 4.74 Å². The molecule has 0 spiro atoms. The van der Waals surface area contributed by atoms with Crippen molar-refractivity contribution in [2.24, 2.45) is 11.0 Å². The van der Waals surface area contributed by atoms with Gasteiger partial charge in [-0.15, -0.1) is 0 Å². The minimum absolute atomic E-state index is 0.0183. The third-order valence-electron chi connectivity index (χ3n) is 5.04. The average Bonchev–Trinajstić information content (AvgIpc) is 3.01. The van der Waals surface area contributed by atoms with E-state index in [9.17, 15) is 4.79 Å².